The van der Waals surface area contributed by atoms with Gasteiger partial charge in [0.25, 0.3) is 5.89 Å². The molecule has 6 heteroatoms. The standard InChI is InChI=1S/C16H15N3O2S/c1-11-5-2-3-6-12(11)17-14(20)8-9-15-18-19-16(21-15)13-7-4-10-22-13/h2-7,10H,8-9H2,1H3,(H,17,20). The maximum atomic E-state index is 12.0. The van der Waals surface area contributed by atoms with Crippen LogP contribution >= 0.6 is 11.3 Å². The number of nitrogens with zero attached hydrogens (tertiary/aromatic N) is 2. The number of benzene rings is 1. The average molecular weight is 313 g/mol. The van der Waals surface area contributed by atoms with Crippen LogP contribution in [0.1, 0.15) is 17.9 Å². The van der Waals surface area contributed by atoms with E-state index in [0.29, 0.717) is 24.6 Å². The van der Waals surface area contributed by atoms with Crippen LogP contribution in [0.2, 0.25) is 0 Å². The number of aryl methyl sites for hydroxylation is 2. The number of amides is 1. The summed E-state index contributed by atoms with van der Waals surface area (Å²) < 4.78 is 5.56. The van der Waals surface area contributed by atoms with Crippen molar-refractivity contribution in [2.24, 2.45) is 0 Å². The zero-order valence-corrected chi connectivity index (χ0v) is 12.9. The number of para-hydroxylation sites is 1. The lowest BCUT2D eigenvalue weighted by Crippen LogP contribution is -2.13. The number of anilines is 1. The molecule has 0 aliphatic rings. The summed E-state index contributed by atoms with van der Waals surface area (Å²) in [6.45, 7) is 1.96. The summed E-state index contributed by atoms with van der Waals surface area (Å²) in [5.74, 6) is 0.915. The fourth-order valence-corrected chi connectivity index (χ4v) is 2.64. The van der Waals surface area contributed by atoms with E-state index in [-0.39, 0.29) is 5.91 Å². The van der Waals surface area contributed by atoms with Crippen molar-refractivity contribution in [3.05, 3.63) is 53.2 Å². The summed E-state index contributed by atoms with van der Waals surface area (Å²) in [5, 5.41) is 12.8. The second-order valence-corrected chi connectivity index (χ2v) is 5.79. The summed E-state index contributed by atoms with van der Waals surface area (Å²) in [5.41, 5.74) is 1.87. The van der Waals surface area contributed by atoms with Gasteiger partial charge in [0.1, 0.15) is 0 Å². The molecule has 0 aliphatic heterocycles. The van der Waals surface area contributed by atoms with Crippen LogP contribution in [0.5, 0.6) is 0 Å². The molecule has 0 bridgehead atoms. The number of aromatic nitrogens is 2. The summed E-state index contributed by atoms with van der Waals surface area (Å²) in [7, 11) is 0. The third kappa shape index (κ3) is 3.40. The SMILES string of the molecule is Cc1ccccc1NC(=O)CCc1nnc(-c2cccs2)o1. The number of hydrogen-bond acceptors (Lipinski definition) is 5. The highest BCUT2D eigenvalue weighted by Gasteiger charge is 2.11. The molecule has 1 N–H and O–H groups in total. The third-order valence-electron chi connectivity index (χ3n) is 3.18. The van der Waals surface area contributed by atoms with Crippen molar-refractivity contribution in [2.75, 3.05) is 5.32 Å². The van der Waals surface area contributed by atoms with Gasteiger partial charge in [0.2, 0.25) is 11.8 Å². The van der Waals surface area contributed by atoms with Crippen molar-refractivity contribution in [1.29, 1.82) is 0 Å². The van der Waals surface area contributed by atoms with Crippen LogP contribution in [0.3, 0.4) is 0 Å². The molecule has 0 unspecified atom stereocenters. The predicted molar refractivity (Wildman–Crippen MR) is 85.7 cm³/mol. The molecule has 22 heavy (non-hydrogen) atoms. The summed E-state index contributed by atoms with van der Waals surface area (Å²) >= 11 is 1.54. The van der Waals surface area contributed by atoms with E-state index in [9.17, 15) is 4.79 Å². The van der Waals surface area contributed by atoms with E-state index in [1.165, 1.54) is 0 Å². The zero-order valence-electron chi connectivity index (χ0n) is 12.1. The second-order valence-electron chi connectivity index (χ2n) is 4.84. The van der Waals surface area contributed by atoms with Gasteiger partial charge in [0, 0.05) is 18.5 Å². The summed E-state index contributed by atoms with van der Waals surface area (Å²) in [6.07, 6.45) is 0.733. The Balaban J connectivity index is 1.56. The highest BCUT2D eigenvalue weighted by Crippen LogP contribution is 2.23. The molecule has 5 nitrogen and oxygen atoms in total. The highest BCUT2D eigenvalue weighted by molar-refractivity contribution is 7.13. The molecule has 0 saturated carbocycles. The maximum Gasteiger partial charge on any atom is 0.257 e. The van der Waals surface area contributed by atoms with E-state index >= 15 is 0 Å². The first-order valence-electron chi connectivity index (χ1n) is 6.94. The Morgan fingerprint density at radius 3 is 2.86 bits per heavy atom. The third-order valence-corrected chi connectivity index (χ3v) is 4.04. The normalized spacial score (nSPS) is 10.6. The Morgan fingerprint density at radius 1 is 1.23 bits per heavy atom. The first-order valence-corrected chi connectivity index (χ1v) is 7.82. The molecule has 3 aromatic rings. The molecular weight excluding hydrogens is 298 g/mol. The van der Waals surface area contributed by atoms with Gasteiger partial charge in [-0.3, -0.25) is 4.79 Å². The number of nitrogens with one attached hydrogen (secondary N) is 1. The highest BCUT2D eigenvalue weighted by atomic mass is 32.1. The van der Waals surface area contributed by atoms with Gasteiger partial charge in [-0.2, -0.15) is 0 Å². The average Bonchev–Trinajstić information content (AvgIpc) is 3.18. The Kier molecular flexibility index (Phi) is 4.29. The predicted octanol–water partition coefficient (Wildman–Crippen LogP) is 3.68. The quantitative estimate of drug-likeness (QED) is 0.780. The zero-order chi connectivity index (χ0) is 15.4. The smallest absolute Gasteiger partial charge is 0.257 e. The van der Waals surface area contributed by atoms with Gasteiger partial charge in [-0.25, -0.2) is 0 Å². The van der Waals surface area contributed by atoms with Crippen molar-refractivity contribution in [3.8, 4) is 10.8 Å². The van der Waals surface area contributed by atoms with Gasteiger partial charge in [-0.05, 0) is 30.0 Å². The molecule has 0 aliphatic carbocycles. The Hall–Kier alpha value is -2.47. The number of carbonyl (C=O) groups excluding carboxylic acids is 1. The van der Waals surface area contributed by atoms with Crippen molar-refractivity contribution >= 4 is 22.9 Å². The summed E-state index contributed by atoms with van der Waals surface area (Å²) in [6, 6.07) is 11.5. The number of rotatable bonds is 5. The number of carbonyl (C=O) groups is 1. The fourth-order valence-electron chi connectivity index (χ4n) is 2.00. The van der Waals surface area contributed by atoms with Crippen LogP contribution in [0.4, 0.5) is 5.69 Å². The molecule has 0 spiro atoms. The lowest BCUT2D eigenvalue weighted by molar-refractivity contribution is -0.116. The number of hydrogen-bond donors (Lipinski definition) is 1. The molecule has 0 radical (unpaired) electrons. The van der Waals surface area contributed by atoms with Gasteiger partial charge in [0.15, 0.2) is 0 Å². The van der Waals surface area contributed by atoms with E-state index in [2.05, 4.69) is 15.5 Å². The molecule has 0 atom stereocenters. The molecule has 2 heterocycles. The van der Waals surface area contributed by atoms with Crippen LogP contribution in [-0.2, 0) is 11.2 Å². The van der Waals surface area contributed by atoms with Crippen molar-refractivity contribution in [1.82, 2.24) is 10.2 Å². The minimum Gasteiger partial charge on any atom is -0.420 e. The molecule has 2 aromatic heterocycles. The van der Waals surface area contributed by atoms with Crippen LogP contribution in [-0.4, -0.2) is 16.1 Å². The van der Waals surface area contributed by atoms with E-state index in [1.807, 2.05) is 48.7 Å². The van der Waals surface area contributed by atoms with Gasteiger partial charge in [0.05, 0.1) is 4.88 Å². The summed E-state index contributed by atoms with van der Waals surface area (Å²) in [4.78, 5) is 12.9. The Morgan fingerprint density at radius 2 is 2.09 bits per heavy atom. The van der Waals surface area contributed by atoms with Crippen molar-refractivity contribution < 1.29 is 9.21 Å². The monoisotopic (exact) mass is 313 g/mol. The minimum atomic E-state index is -0.0647. The molecule has 1 amide bonds. The molecule has 0 saturated heterocycles. The largest absolute Gasteiger partial charge is 0.420 e. The van der Waals surface area contributed by atoms with E-state index < -0.39 is 0 Å². The van der Waals surface area contributed by atoms with Gasteiger partial charge < -0.3 is 9.73 Å². The topological polar surface area (TPSA) is 68.0 Å². The van der Waals surface area contributed by atoms with Crippen LogP contribution in [0.25, 0.3) is 10.8 Å². The minimum absolute atomic E-state index is 0.0647. The fraction of sp³-hybridized carbons (Fsp3) is 0.188. The van der Waals surface area contributed by atoms with Crippen LogP contribution in [0, 0.1) is 6.92 Å². The first kappa shape index (κ1) is 14.5. The van der Waals surface area contributed by atoms with Crippen molar-refractivity contribution in [3.63, 3.8) is 0 Å². The van der Waals surface area contributed by atoms with Crippen LogP contribution < -0.4 is 5.32 Å². The van der Waals surface area contributed by atoms with Gasteiger partial charge in [-0.1, -0.05) is 24.3 Å². The number of thiophene rings is 1. The Bertz CT molecular complexity index is 765. The first-order chi connectivity index (χ1) is 10.7. The maximum absolute atomic E-state index is 12.0. The molecule has 3 rings (SSSR count). The van der Waals surface area contributed by atoms with Gasteiger partial charge in [-0.15, -0.1) is 21.5 Å². The second kappa shape index (κ2) is 6.53. The molecule has 1 aromatic carbocycles. The van der Waals surface area contributed by atoms with E-state index in [4.69, 9.17) is 4.42 Å². The van der Waals surface area contributed by atoms with Gasteiger partial charge >= 0.3 is 0 Å². The molecule has 0 fully saturated rings. The van der Waals surface area contributed by atoms with E-state index in [0.717, 1.165) is 16.1 Å². The van der Waals surface area contributed by atoms with Crippen molar-refractivity contribution in [2.45, 2.75) is 19.8 Å². The molecule has 112 valence electrons. The molecular formula is C16H15N3O2S. The van der Waals surface area contributed by atoms with E-state index in [1.54, 1.807) is 11.3 Å². The van der Waals surface area contributed by atoms with Crippen LogP contribution in [0.15, 0.2) is 46.2 Å². The Labute approximate surface area is 132 Å². The lowest BCUT2D eigenvalue weighted by atomic mass is 10.2. The lowest BCUT2D eigenvalue weighted by Gasteiger charge is -2.06.